The summed E-state index contributed by atoms with van der Waals surface area (Å²) in [6.07, 6.45) is 0. The van der Waals surface area contributed by atoms with Crippen molar-refractivity contribution in [2.75, 3.05) is 18.5 Å². The predicted molar refractivity (Wildman–Crippen MR) is 111 cm³/mol. The fourth-order valence-electron chi connectivity index (χ4n) is 2.77. The molecule has 0 atom stereocenters. The van der Waals surface area contributed by atoms with E-state index >= 15 is 0 Å². The summed E-state index contributed by atoms with van der Waals surface area (Å²) in [5.41, 5.74) is 1.54. The molecule has 0 saturated carbocycles. The number of amides is 2. The van der Waals surface area contributed by atoms with E-state index < -0.39 is 18.5 Å². The molecule has 0 spiro atoms. The Morgan fingerprint density at radius 1 is 1.07 bits per heavy atom. The Kier molecular flexibility index (Phi) is 6.26. The molecular weight excluding hydrogens is 388 g/mol. The van der Waals surface area contributed by atoms with Crippen LogP contribution < -0.4 is 16.1 Å². The van der Waals surface area contributed by atoms with Crippen LogP contribution in [0.4, 0.5) is 5.69 Å². The van der Waals surface area contributed by atoms with Crippen molar-refractivity contribution < 1.29 is 23.5 Å². The minimum atomic E-state index is -0.930. The van der Waals surface area contributed by atoms with Gasteiger partial charge in [0, 0.05) is 23.9 Å². The van der Waals surface area contributed by atoms with Gasteiger partial charge in [0.2, 0.25) is 5.76 Å². The molecule has 154 valence electrons. The number of hydrogen-bond acceptors (Lipinski definition) is 6. The third kappa shape index (κ3) is 4.91. The van der Waals surface area contributed by atoms with Crippen molar-refractivity contribution in [3.63, 3.8) is 0 Å². The molecule has 0 saturated heterocycles. The van der Waals surface area contributed by atoms with Crippen molar-refractivity contribution in [3.05, 3.63) is 75.6 Å². The number of esters is 1. The maximum absolute atomic E-state index is 12.2. The molecule has 2 aromatic carbocycles. The molecule has 30 heavy (non-hydrogen) atoms. The second-order valence-corrected chi connectivity index (χ2v) is 6.54. The van der Waals surface area contributed by atoms with Gasteiger partial charge in [0.25, 0.3) is 11.8 Å². The van der Waals surface area contributed by atoms with Gasteiger partial charge >= 0.3 is 5.97 Å². The number of hydrogen-bond donors (Lipinski definition) is 2. The highest BCUT2D eigenvalue weighted by Gasteiger charge is 2.16. The highest BCUT2D eigenvalue weighted by molar-refractivity contribution is 5.98. The molecule has 0 aliphatic carbocycles. The van der Waals surface area contributed by atoms with Crippen LogP contribution in [0.5, 0.6) is 0 Å². The largest absolute Gasteiger partial charge is 0.450 e. The number of nitrogens with one attached hydrogen (secondary N) is 2. The fraction of sp³-hybridized carbons (Fsp3) is 0.182. The number of anilines is 1. The zero-order chi connectivity index (χ0) is 21.7. The predicted octanol–water partition coefficient (Wildman–Crippen LogP) is 2.65. The molecule has 0 radical (unpaired) electrons. The summed E-state index contributed by atoms with van der Waals surface area (Å²) in [6, 6.07) is 12.4. The summed E-state index contributed by atoms with van der Waals surface area (Å²) in [5.74, 6) is -2.08. The molecule has 3 rings (SSSR count). The Labute approximate surface area is 171 Å². The van der Waals surface area contributed by atoms with Crippen LogP contribution in [0.2, 0.25) is 0 Å². The van der Waals surface area contributed by atoms with E-state index in [1.165, 1.54) is 6.07 Å². The Morgan fingerprint density at radius 3 is 2.63 bits per heavy atom. The van der Waals surface area contributed by atoms with Gasteiger partial charge in [-0.2, -0.15) is 0 Å². The Balaban J connectivity index is 1.64. The second kappa shape index (κ2) is 9.04. The number of carbonyl (C=O) groups is 3. The molecule has 2 N–H and O–H groups in total. The molecule has 3 aromatic rings. The Hall–Kier alpha value is -3.94. The number of rotatable bonds is 6. The highest BCUT2D eigenvalue weighted by atomic mass is 16.5. The highest BCUT2D eigenvalue weighted by Crippen LogP contribution is 2.15. The molecule has 8 nitrogen and oxygen atoms in total. The van der Waals surface area contributed by atoms with Crippen LogP contribution in [-0.2, 0) is 9.53 Å². The van der Waals surface area contributed by atoms with Gasteiger partial charge in [-0.15, -0.1) is 0 Å². The molecule has 0 aliphatic rings. The molecule has 0 unspecified atom stereocenters. The molecule has 0 fully saturated rings. The number of fused-ring (bicyclic) bond motifs is 1. The lowest BCUT2D eigenvalue weighted by Crippen LogP contribution is -2.23. The number of carbonyl (C=O) groups excluding carboxylic acids is 3. The molecule has 1 aromatic heterocycles. The third-order valence-corrected chi connectivity index (χ3v) is 4.16. The lowest BCUT2D eigenvalue weighted by molar-refractivity contribution is -0.119. The van der Waals surface area contributed by atoms with E-state index in [0.29, 0.717) is 23.2 Å². The van der Waals surface area contributed by atoms with Crippen molar-refractivity contribution in [2.45, 2.75) is 13.8 Å². The first kappa shape index (κ1) is 20.8. The van der Waals surface area contributed by atoms with E-state index in [-0.39, 0.29) is 22.7 Å². The summed E-state index contributed by atoms with van der Waals surface area (Å²) >= 11 is 0. The second-order valence-electron chi connectivity index (χ2n) is 6.54. The summed E-state index contributed by atoms with van der Waals surface area (Å²) in [7, 11) is 0. The van der Waals surface area contributed by atoms with Crippen LogP contribution in [0.25, 0.3) is 11.0 Å². The van der Waals surface area contributed by atoms with Crippen molar-refractivity contribution >= 4 is 34.4 Å². The molecule has 8 heteroatoms. The normalized spacial score (nSPS) is 10.5. The maximum Gasteiger partial charge on any atom is 0.374 e. The molecular formula is C22H20N2O6. The Morgan fingerprint density at radius 2 is 1.87 bits per heavy atom. The minimum absolute atomic E-state index is 0.256. The van der Waals surface area contributed by atoms with Crippen LogP contribution in [-0.4, -0.2) is 30.9 Å². The number of aryl methyl sites for hydroxylation is 1. The number of ether oxygens (including phenoxy) is 1. The van der Waals surface area contributed by atoms with Crippen LogP contribution in [0.3, 0.4) is 0 Å². The summed E-state index contributed by atoms with van der Waals surface area (Å²) in [4.78, 5) is 48.3. The average molecular weight is 408 g/mol. The summed E-state index contributed by atoms with van der Waals surface area (Å²) in [6.45, 7) is 3.54. The molecule has 2 amide bonds. The van der Waals surface area contributed by atoms with Gasteiger partial charge in [-0.25, -0.2) is 4.79 Å². The maximum atomic E-state index is 12.2. The summed E-state index contributed by atoms with van der Waals surface area (Å²) in [5, 5.41) is 5.57. The van der Waals surface area contributed by atoms with Gasteiger partial charge in [0.1, 0.15) is 5.58 Å². The fourth-order valence-corrected chi connectivity index (χ4v) is 2.77. The third-order valence-electron chi connectivity index (χ3n) is 4.16. The SMILES string of the molecule is CCNC(=O)c1cccc(NC(=O)COC(=O)c2cc(=O)c3cc(C)ccc3o2)c1. The standard InChI is InChI=1S/C22H20N2O6/c1-3-23-21(27)14-5-4-6-15(10-14)24-20(26)12-29-22(28)19-11-17(25)16-9-13(2)7-8-18(16)30-19/h4-11H,3,12H2,1-2H3,(H,23,27)(H,24,26). The van der Waals surface area contributed by atoms with Crippen LogP contribution in [0, 0.1) is 6.92 Å². The van der Waals surface area contributed by atoms with E-state index in [2.05, 4.69) is 10.6 Å². The monoisotopic (exact) mass is 408 g/mol. The minimum Gasteiger partial charge on any atom is -0.450 e. The van der Waals surface area contributed by atoms with Crippen LogP contribution >= 0.6 is 0 Å². The van der Waals surface area contributed by atoms with Crippen molar-refractivity contribution in [1.82, 2.24) is 5.32 Å². The number of benzene rings is 2. The zero-order valence-corrected chi connectivity index (χ0v) is 16.5. The smallest absolute Gasteiger partial charge is 0.374 e. The van der Waals surface area contributed by atoms with Gasteiger partial charge < -0.3 is 19.8 Å². The van der Waals surface area contributed by atoms with Crippen molar-refractivity contribution in [2.24, 2.45) is 0 Å². The lowest BCUT2D eigenvalue weighted by atomic mass is 10.1. The van der Waals surface area contributed by atoms with Gasteiger partial charge in [0.05, 0.1) is 5.39 Å². The lowest BCUT2D eigenvalue weighted by Gasteiger charge is -2.08. The van der Waals surface area contributed by atoms with Crippen LogP contribution in [0.15, 0.2) is 57.7 Å². The van der Waals surface area contributed by atoms with E-state index in [0.717, 1.165) is 11.6 Å². The molecule has 1 heterocycles. The first-order chi connectivity index (χ1) is 14.4. The van der Waals surface area contributed by atoms with Gasteiger partial charge in [0.15, 0.2) is 12.0 Å². The van der Waals surface area contributed by atoms with E-state index in [9.17, 15) is 19.2 Å². The van der Waals surface area contributed by atoms with E-state index in [4.69, 9.17) is 9.15 Å². The van der Waals surface area contributed by atoms with Crippen molar-refractivity contribution in [1.29, 1.82) is 0 Å². The topological polar surface area (TPSA) is 115 Å². The van der Waals surface area contributed by atoms with Gasteiger partial charge in [-0.3, -0.25) is 14.4 Å². The van der Waals surface area contributed by atoms with E-state index in [1.807, 2.05) is 6.92 Å². The van der Waals surface area contributed by atoms with Gasteiger partial charge in [-0.1, -0.05) is 17.7 Å². The van der Waals surface area contributed by atoms with Gasteiger partial charge in [-0.05, 0) is 44.2 Å². The average Bonchev–Trinajstić information content (AvgIpc) is 2.72. The first-order valence-corrected chi connectivity index (χ1v) is 9.27. The quantitative estimate of drug-likeness (QED) is 0.606. The Bertz CT molecular complexity index is 1180. The van der Waals surface area contributed by atoms with Crippen molar-refractivity contribution in [3.8, 4) is 0 Å². The molecule has 0 aliphatic heterocycles. The zero-order valence-electron chi connectivity index (χ0n) is 16.5. The first-order valence-electron chi connectivity index (χ1n) is 9.27. The summed E-state index contributed by atoms with van der Waals surface area (Å²) < 4.78 is 10.4. The van der Waals surface area contributed by atoms with E-state index in [1.54, 1.807) is 43.3 Å². The molecule has 0 bridgehead atoms. The van der Waals surface area contributed by atoms with Crippen LogP contribution in [0.1, 0.15) is 33.4 Å².